The maximum Gasteiger partial charge on any atom is 0.0991 e. The zero-order valence-electron chi connectivity index (χ0n) is 12.7. The number of aromatic nitrogens is 2. The Morgan fingerprint density at radius 3 is 2.52 bits per heavy atom. The summed E-state index contributed by atoms with van der Waals surface area (Å²) < 4.78 is 1.98. The molecule has 0 saturated carbocycles. The van der Waals surface area contributed by atoms with Gasteiger partial charge in [-0.2, -0.15) is 0 Å². The zero-order chi connectivity index (χ0) is 16.2. The van der Waals surface area contributed by atoms with Gasteiger partial charge in [0.2, 0.25) is 0 Å². The number of halogens is 2. The summed E-state index contributed by atoms with van der Waals surface area (Å²) in [5, 5.41) is 4.66. The normalized spacial score (nSPS) is 12.3. The van der Waals surface area contributed by atoms with Gasteiger partial charge in [-0.25, -0.2) is 4.98 Å². The average molecular weight is 346 g/mol. The number of benzene rings is 2. The molecule has 0 amide bonds. The van der Waals surface area contributed by atoms with E-state index in [2.05, 4.69) is 41.5 Å². The first kappa shape index (κ1) is 16.1. The van der Waals surface area contributed by atoms with E-state index in [1.54, 1.807) is 12.5 Å². The van der Waals surface area contributed by atoms with Gasteiger partial charge < -0.3 is 9.88 Å². The van der Waals surface area contributed by atoms with Crippen molar-refractivity contribution in [1.82, 2.24) is 14.9 Å². The second kappa shape index (κ2) is 7.18. The van der Waals surface area contributed by atoms with Crippen LogP contribution in [0.15, 0.2) is 61.2 Å². The molecular formula is C18H17Cl2N3. The van der Waals surface area contributed by atoms with Crippen LogP contribution in [0.3, 0.4) is 0 Å². The Bertz CT molecular complexity index is 767. The number of nitrogens with one attached hydrogen (secondary N) is 1. The molecule has 23 heavy (non-hydrogen) atoms. The summed E-state index contributed by atoms with van der Waals surface area (Å²) in [4.78, 5) is 4.06. The van der Waals surface area contributed by atoms with Crippen LogP contribution in [0.4, 0.5) is 0 Å². The lowest BCUT2D eigenvalue weighted by Crippen LogP contribution is -2.18. The molecule has 3 rings (SSSR count). The predicted octanol–water partition coefficient (Wildman–Crippen LogP) is 5.03. The van der Waals surface area contributed by atoms with E-state index >= 15 is 0 Å². The molecular weight excluding hydrogens is 329 g/mol. The summed E-state index contributed by atoms with van der Waals surface area (Å²) in [5.41, 5.74) is 3.44. The molecule has 0 bridgehead atoms. The van der Waals surface area contributed by atoms with Crippen molar-refractivity contribution < 1.29 is 0 Å². The van der Waals surface area contributed by atoms with Crippen molar-refractivity contribution in [2.75, 3.05) is 0 Å². The Balaban J connectivity index is 1.62. The van der Waals surface area contributed by atoms with Crippen LogP contribution >= 0.6 is 23.2 Å². The number of hydrogen-bond donors (Lipinski definition) is 1. The van der Waals surface area contributed by atoms with E-state index in [0.29, 0.717) is 10.0 Å². The summed E-state index contributed by atoms with van der Waals surface area (Å²) in [5.74, 6) is 0. The van der Waals surface area contributed by atoms with E-state index in [-0.39, 0.29) is 6.04 Å². The summed E-state index contributed by atoms with van der Waals surface area (Å²) in [7, 11) is 0. The fourth-order valence-corrected chi connectivity index (χ4v) is 2.67. The number of imidazole rings is 1. The first-order valence-corrected chi connectivity index (χ1v) is 8.14. The van der Waals surface area contributed by atoms with E-state index in [1.165, 1.54) is 5.56 Å². The first-order valence-electron chi connectivity index (χ1n) is 7.39. The largest absolute Gasteiger partial charge is 0.306 e. The summed E-state index contributed by atoms with van der Waals surface area (Å²) >= 11 is 12.0. The number of rotatable bonds is 5. The molecule has 0 aliphatic heterocycles. The van der Waals surface area contributed by atoms with Crippen LogP contribution in [0.2, 0.25) is 10.0 Å². The Hall–Kier alpha value is -1.81. The van der Waals surface area contributed by atoms with Crippen molar-refractivity contribution in [3.8, 4) is 5.69 Å². The highest BCUT2D eigenvalue weighted by molar-refractivity contribution is 6.42. The Morgan fingerprint density at radius 2 is 1.87 bits per heavy atom. The summed E-state index contributed by atoms with van der Waals surface area (Å²) in [6, 6.07) is 14.3. The molecule has 1 heterocycles. The standard InChI is InChI=1S/C18H17Cl2N3/c1-13(15-4-7-17(19)18(20)10-15)22-11-14-2-5-16(6-3-14)23-9-8-21-12-23/h2-10,12-13,22H,11H2,1H3/t13-/m1/s1. The third kappa shape index (κ3) is 3.94. The highest BCUT2D eigenvalue weighted by Crippen LogP contribution is 2.25. The van der Waals surface area contributed by atoms with E-state index < -0.39 is 0 Å². The van der Waals surface area contributed by atoms with E-state index in [0.717, 1.165) is 17.8 Å². The van der Waals surface area contributed by atoms with Crippen LogP contribution in [-0.2, 0) is 6.54 Å². The van der Waals surface area contributed by atoms with Crippen LogP contribution in [-0.4, -0.2) is 9.55 Å². The Morgan fingerprint density at radius 1 is 1.09 bits per heavy atom. The summed E-state index contributed by atoms with van der Waals surface area (Å²) in [6.07, 6.45) is 5.49. The van der Waals surface area contributed by atoms with Gasteiger partial charge in [0, 0.05) is 30.7 Å². The van der Waals surface area contributed by atoms with Crippen molar-refractivity contribution in [1.29, 1.82) is 0 Å². The third-order valence-corrected chi connectivity index (χ3v) is 4.53. The monoisotopic (exact) mass is 345 g/mol. The molecule has 0 unspecified atom stereocenters. The molecule has 3 nitrogen and oxygen atoms in total. The maximum absolute atomic E-state index is 6.07. The van der Waals surface area contributed by atoms with Gasteiger partial charge in [0.15, 0.2) is 0 Å². The average Bonchev–Trinajstić information content (AvgIpc) is 3.10. The van der Waals surface area contributed by atoms with Gasteiger partial charge in [0.05, 0.1) is 16.4 Å². The molecule has 2 aromatic carbocycles. The lowest BCUT2D eigenvalue weighted by Gasteiger charge is -2.15. The number of nitrogens with zero attached hydrogens (tertiary/aromatic N) is 2. The maximum atomic E-state index is 6.07. The molecule has 0 saturated heterocycles. The van der Waals surface area contributed by atoms with Gasteiger partial charge in [0.1, 0.15) is 0 Å². The predicted molar refractivity (Wildman–Crippen MR) is 95.3 cm³/mol. The van der Waals surface area contributed by atoms with Crippen LogP contribution in [0.5, 0.6) is 0 Å². The second-order valence-corrected chi connectivity index (χ2v) is 6.23. The van der Waals surface area contributed by atoms with Crippen molar-refractivity contribution in [2.24, 2.45) is 0 Å². The SMILES string of the molecule is C[C@@H](NCc1ccc(-n2ccnc2)cc1)c1ccc(Cl)c(Cl)c1. The molecule has 1 N–H and O–H groups in total. The Kier molecular flexibility index (Phi) is 5.01. The third-order valence-electron chi connectivity index (χ3n) is 3.79. The van der Waals surface area contributed by atoms with Crippen molar-refractivity contribution in [2.45, 2.75) is 19.5 Å². The van der Waals surface area contributed by atoms with E-state index in [1.807, 2.05) is 29.0 Å². The lowest BCUT2D eigenvalue weighted by molar-refractivity contribution is 0.575. The number of hydrogen-bond acceptors (Lipinski definition) is 2. The fraction of sp³-hybridized carbons (Fsp3) is 0.167. The minimum atomic E-state index is 0.193. The van der Waals surface area contributed by atoms with Gasteiger partial charge >= 0.3 is 0 Å². The molecule has 1 aromatic heterocycles. The van der Waals surface area contributed by atoms with Crippen molar-refractivity contribution >= 4 is 23.2 Å². The lowest BCUT2D eigenvalue weighted by atomic mass is 10.1. The second-order valence-electron chi connectivity index (χ2n) is 5.41. The highest BCUT2D eigenvalue weighted by Gasteiger charge is 2.07. The molecule has 0 aliphatic carbocycles. The van der Waals surface area contributed by atoms with Gasteiger partial charge in [-0.15, -0.1) is 0 Å². The van der Waals surface area contributed by atoms with Crippen LogP contribution in [0, 0.1) is 0 Å². The molecule has 0 radical (unpaired) electrons. The smallest absolute Gasteiger partial charge is 0.0991 e. The van der Waals surface area contributed by atoms with Crippen molar-refractivity contribution in [3.63, 3.8) is 0 Å². The van der Waals surface area contributed by atoms with Gasteiger partial charge in [0.25, 0.3) is 0 Å². The molecule has 1 atom stereocenters. The Labute approximate surface area is 145 Å². The van der Waals surface area contributed by atoms with Crippen LogP contribution in [0.1, 0.15) is 24.1 Å². The fourth-order valence-electron chi connectivity index (χ4n) is 2.37. The minimum Gasteiger partial charge on any atom is -0.306 e. The molecule has 5 heteroatoms. The van der Waals surface area contributed by atoms with E-state index in [9.17, 15) is 0 Å². The van der Waals surface area contributed by atoms with Crippen molar-refractivity contribution in [3.05, 3.63) is 82.4 Å². The minimum absolute atomic E-state index is 0.193. The zero-order valence-corrected chi connectivity index (χ0v) is 14.2. The molecule has 0 spiro atoms. The highest BCUT2D eigenvalue weighted by atomic mass is 35.5. The quantitative estimate of drug-likeness (QED) is 0.702. The van der Waals surface area contributed by atoms with Gasteiger partial charge in [-0.3, -0.25) is 0 Å². The molecule has 3 aromatic rings. The summed E-state index contributed by atoms with van der Waals surface area (Å²) in [6.45, 7) is 2.89. The van der Waals surface area contributed by atoms with Crippen LogP contribution in [0.25, 0.3) is 5.69 Å². The first-order chi connectivity index (χ1) is 11.1. The van der Waals surface area contributed by atoms with E-state index in [4.69, 9.17) is 23.2 Å². The topological polar surface area (TPSA) is 29.9 Å². The van der Waals surface area contributed by atoms with Gasteiger partial charge in [-0.05, 0) is 42.3 Å². The van der Waals surface area contributed by atoms with Gasteiger partial charge in [-0.1, -0.05) is 41.4 Å². The van der Waals surface area contributed by atoms with Crippen LogP contribution < -0.4 is 5.32 Å². The molecule has 0 fully saturated rings. The molecule has 118 valence electrons. The molecule has 0 aliphatic rings.